The Morgan fingerprint density at radius 2 is 2.39 bits per heavy atom. The molecule has 2 N–H and O–H groups in total. The summed E-state index contributed by atoms with van der Waals surface area (Å²) in [7, 11) is 2.16. The summed E-state index contributed by atoms with van der Waals surface area (Å²) in [5.74, 6) is 2.29. The van der Waals surface area contributed by atoms with Crippen LogP contribution in [0.1, 0.15) is 24.4 Å². The van der Waals surface area contributed by atoms with Gasteiger partial charge in [-0.25, -0.2) is 4.39 Å². The Hall–Kier alpha value is -0.580. The fourth-order valence-corrected chi connectivity index (χ4v) is 3.60. The number of hydrogen-bond acceptors (Lipinski definition) is 3. The maximum atomic E-state index is 13.1. The predicted molar refractivity (Wildman–Crippen MR) is 76.3 cm³/mol. The van der Waals surface area contributed by atoms with E-state index in [0.717, 1.165) is 18.5 Å². The molecule has 2 nitrogen and oxygen atoms in total. The van der Waals surface area contributed by atoms with Gasteiger partial charge in [-0.1, -0.05) is 12.1 Å². The standard InChI is InChI=1S/C14H21FN2S/c1-17(13-6-8-18-10-13)7-5-14(16)11-3-2-4-12(15)9-11/h2-4,9,13-14H,5-8,10,16H2,1H3. The molecule has 0 amide bonds. The first-order valence-corrected chi connectivity index (χ1v) is 7.61. The molecule has 2 rings (SSSR count). The number of hydrogen-bond donors (Lipinski definition) is 1. The highest BCUT2D eigenvalue weighted by Crippen LogP contribution is 2.22. The Morgan fingerprint density at radius 3 is 3.06 bits per heavy atom. The number of halogens is 1. The predicted octanol–water partition coefficient (Wildman–Crippen LogP) is 2.65. The van der Waals surface area contributed by atoms with E-state index in [1.807, 2.05) is 17.8 Å². The highest BCUT2D eigenvalue weighted by atomic mass is 32.2. The van der Waals surface area contributed by atoms with E-state index >= 15 is 0 Å². The van der Waals surface area contributed by atoms with Gasteiger partial charge in [-0.15, -0.1) is 0 Å². The van der Waals surface area contributed by atoms with E-state index in [1.165, 1.54) is 30.1 Å². The molecule has 1 aliphatic rings. The molecule has 18 heavy (non-hydrogen) atoms. The van der Waals surface area contributed by atoms with E-state index in [9.17, 15) is 4.39 Å². The zero-order chi connectivity index (χ0) is 13.0. The molecule has 0 bridgehead atoms. The monoisotopic (exact) mass is 268 g/mol. The van der Waals surface area contributed by atoms with Gasteiger partial charge in [0.1, 0.15) is 5.82 Å². The van der Waals surface area contributed by atoms with Gasteiger partial charge in [0.25, 0.3) is 0 Å². The van der Waals surface area contributed by atoms with Gasteiger partial charge in [0.15, 0.2) is 0 Å². The van der Waals surface area contributed by atoms with E-state index < -0.39 is 0 Å². The first kappa shape index (κ1) is 13.8. The Balaban J connectivity index is 1.82. The second-order valence-electron chi connectivity index (χ2n) is 4.95. The van der Waals surface area contributed by atoms with Gasteiger partial charge in [0, 0.05) is 17.8 Å². The summed E-state index contributed by atoms with van der Waals surface area (Å²) in [5.41, 5.74) is 7.01. The summed E-state index contributed by atoms with van der Waals surface area (Å²) < 4.78 is 13.1. The van der Waals surface area contributed by atoms with Gasteiger partial charge in [-0.05, 0) is 49.9 Å². The fourth-order valence-electron chi connectivity index (χ4n) is 2.30. The summed E-state index contributed by atoms with van der Waals surface area (Å²) in [5, 5.41) is 0. The van der Waals surface area contributed by atoms with Crippen molar-refractivity contribution in [2.75, 3.05) is 25.1 Å². The molecule has 1 fully saturated rings. The summed E-state index contributed by atoms with van der Waals surface area (Å²) in [6.45, 7) is 0.975. The van der Waals surface area contributed by atoms with E-state index in [-0.39, 0.29) is 11.9 Å². The molecule has 1 heterocycles. The van der Waals surface area contributed by atoms with Gasteiger partial charge < -0.3 is 10.6 Å². The van der Waals surface area contributed by atoms with E-state index in [4.69, 9.17) is 5.73 Å². The quantitative estimate of drug-likeness (QED) is 0.890. The van der Waals surface area contributed by atoms with Crippen LogP contribution in [0, 0.1) is 5.82 Å². The minimum Gasteiger partial charge on any atom is -0.324 e. The molecule has 1 aromatic rings. The molecule has 0 radical (unpaired) electrons. The van der Waals surface area contributed by atoms with Crippen molar-refractivity contribution < 1.29 is 4.39 Å². The van der Waals surface area contributed by atoms with Crippen LogP contribution in [0.4, 0.5) is 4.39 Å². The van der Waals surface area contributed by atoms with Crippen LogP contribution in [0.3, 0.4) is 0 Å². The second kappa shape index (κ2) is 6.55. The normalized spacial score (nSPS) is 21.4. The van der Waals surface area contributed by atoms with Crippen LogP contribution in [-0.2, 0) is 0 Å². The van der Waals surface area contributed by atoms with Crippen molar-refractivity contribution in [3.8, 4) is 0 Å². The topological polar surface area (TPSA) is 29.3 Å². The van der Waals surface area contributed by atoms with Crippen molar-refractivity contribution in [3.05, 3.63) is 35.6 Å². The van der Waals surface area contributed by atoms with Crippen molar-refractivity contribution in [1.82, 2.24) is 4.90 Å². The van der Waals surface area contributed by atoms with Gasteiger partial charge in [-0.2, -0.15) is 11.8 Å². The Bertz CT molecular complexity index is 380. The summed E-state index contributed by atoms with van der Waals surface area (Å²) >= 11 is 2.02. The van der Waals surface area contributed by atoms with Gasteiger partial charge >= 0.3 is 0 Å². The molecule has 1 aliphatic heterocycles. The minimum absolute atomic E-state index is 0.0720. The largest absolute Gasteiger partial charge is 0.324 e. The number of nitrogens with two attached hydrogens (primary N) is 1. The average molecular weight is 268 g/mol. The SMILES string of the molecule is CN(CCC(N)c1cccc(F)c1)C1CCSC1. The van der Waals surface area contributed by atoms with Crippen molar-refractivity contribution in [2.45, 2.75) is 24.9 Å². The molecule has 2 unspecified atom stereocenters. The zero-order valence-electron chi connectivity index (χ0n) is 10.8. The van der Waals surface area contributed by atoms with Gasteiger partial charge in [0.2, 0.25) is 0 Å². The number of thioether (sulfide) groups is 1. The first-order valence-electron chi connectivity index (χ1n) is 6.46. The molecule has 100 valence electrons. The highest BCUT2D eigenvalue weighted by Gasteiger charge is 2.20. The third-order valence-corrected chi connectivity index (χ3v) is 4.74. The van der Waals surface area contributed by atoms with Crippen molar-refractivity contribution in [3.63, 3.8) is 0 Å². The van der Waals surface area contributed by atoms with E-state index in [2.05, 4.69) is 11.9 Å². The molecule has 1 aromatic carbocycles. The lowest BCUT2D eigenvalue weighted by Crippen LogP contribution is -2.33. The lowest BCUT2D eigenvalue weighted by molar-refractivity contribution is 0.253. The van der Waals surface area contributed by atoms with Crippen LogP contribution in [0.5, 0.6) is 0 Å². The zero-order valence-corrected chi connectivity index (χ0v) is 11.6. The van der Waals surface area contributed by atoms with Crippen LogP contribution in [0.2, 0.25) is 0 Å². The highest BCUT2D eigenvalue weighted by molar-refractivity contribution is 7.99. The Kier molecular flexibility index (Phi) is 5.03. The molecule has 0 aromatic heterocycles. The van der Waals surface area contributed by atoms with Gasteiger partial charge in [-0.3, -0.25) is 0 Å². The fraction of sp³-hybridized carbons (Fsp3) is 0.571. The van der Waals surface area contributed by atoms with Crippen LogP contribution < -0.4 is 5.73 Å². The summed E-state index contributed by atoms with van der Waals surface area (Å²) in [4.78, 5) is 2.39. The smallest absolute Gasteiger partial charge is 0.123 e. The van der Waals surface area contributed by atoms with E-state index in [0.29, 0.717) is 6.04 Å². The third-order valence-electron chi connectivity index (χ3n) is 3.60. The molecule has 0 aliphatic carbocycles. The van der Waals surface area contributed by atoms with Crippen LogP contribution in [-0.4, -0.2) is 36.0 Å². The molecule has 1 saturated heterocycles. The number of rotatable bonds is 5. The summed E-state index contributed by atoms with van der Waals surface area (Å²) in [6.07, 6.45) is 2.15. The van der Waals surface area contributed by atoms with Crippen LogP contribution in [0.15, 0.2) is 24.3 Å². The molecule has 2 atom stereocenters. The van der Waals surface area contributed by atoms with Gasteiger partial charge in [0.05, 0.1) is 0 Å². The van der Waals surface area contributed by atoms with Crippen LogP contribution >= 0.6 is 11.8 Å². The average Bonchev–Trinajstić information content (AvgIpc) is 2.89. The summed E-state index contributed by atoms with van der Waals surface area (Å²) in [6, 6.07) is 7.24. The van der Waals surface area contributed by atoms with Crippen molar-refractivity contribution >= 4 is 11.8 Å². The van der Waals surface area contributed by atoms with Crippen molar-refractivity contribution in [2.24, 2.45) is 5.73 Å². The Labute approximate surface area is 113 Å². The Morgan fingerprint density at radius 1 is 1.56 bits per heavy atom. The minimum atomic E-state index is -0.205. The maximum absolute atomic E-state index is 13.1. The molecule has 0 spiro atoms. The molecular formula is C14H21FN2S. The second-order valence-corrected chi connectivity index (χ2v) is 6.10. The maximum Gasteiger partial charge on any atom is 0.123 e. The molecule has 0 saturated carbocycles. The molecule has 4 heteroatoms. The molecular weight excluding hydrogens is 247 g/mol. The lowest BCUT2D eigenvalue weighted by atomic mass is 10.0. The number of nitrogens with zero attached hydrogens (tertiary/aromatic N) is 1. The van der Waals surface area contributed by atoms with Crippen molar-refractivity contribution in [1.29, 1.82) is 0 Å². The lowest BCUT2D eigenvalue weighted by Gasteiger charge is -2.25. The van der Waals surface area contributed by atoms with E-state index in [1.54, 1.807) is 6.07 Å². The van der Waals surface area contributed by atoms with Crippen LogP contribution in [0.25, 0.3) is 0 Å². The first-order chi connectivity index (χ1) is 8.66. The number of benzene rings is 1. The third kappa shape index (κ3) is 3.70.